The third-order valence-corrected chi connectivity index (χ3v) is 7.94. The van der Waals surface area contributed by atoms with Crippen molar-refractivity contribution in [1.29, 1.82) is 0 Å². The zero-order valence-corrected chi connectivity index (χ0v) is 16.4. The Balaban J connectivity index is 1.32. The van der Waals surface area contributed by atoms with E-state index in [4.69, 9.17) is 0 Å². The lowest BCUT2D eigenvalue weighted by molar-refractivity contribution is -0.141. The highest BCUT2D eigenvalue weighted by Gasteiger charge is 2.73. The molecule has 4 unspecified atom stereocenters. The molecule has 2 saturated carbocycles. The fourth-order valence-electron chi connectivity index (χ4n) is 6.48. The number of hydrogen-bond donors (Lipinski definition) is 0. The van der Waals surface area contributed by atoms with Gasteiger partial charge in [-0.15, -0.1) is 0 Å². The molecule has 7 rings (SSSR count). The maximum Gasteiger partial charge on any atom is 0.254 e. The Morgan fingerprint density at radius 1 is 0.833 bits per heavy atom. The predicted octanol–water partition coefficient (Wildman–Crippen LogP) is 4.52. The highest BCUT2D eigenvalue weighted by molar-refractivity contribution is 6.14. The molecule has 1 spiro atoms. The highest BCUT2D eigenvalue weighted by Crippen LogP contribution is 2.73. The summed E-state index contributed by atoms with van der Waals surface area (Å²) >= 11 is 0. The van der Waals surface area contributed by atoms with Crippen molar-refractivity contribution in [3.05, 3.63) is 72.3 Å². The lowest BCUT2D eigenvalue weighted by Crippen LogP contribution is -2.30. The Labute approximate surface area is 173 Å². The van der Waals surface area contributed by atoms with E-state index in [1.165, 1.54) is 0 Å². The van der Waals surface area contributed by atoms with Crippen LogP contribution in [0.25, 0.3) is 21.5 Å². The molecular formula is C26H20N2O2. The number of carbonyl (C=O) groups excluding carboxylic acids is 2. The van der Waals surface area contributed by atoms with Gasteiger partial charge in [0.25, 0.3) is 11.8 Å². The average Bonchev–Trinajstić information content (AvgIpc) is 3.37. The van der Waals surface area contributed by atoms with Crippen LogP contribution in [0, 0.1) is 29.1 Å². The minimum absolute atomic E-state index is 0.117. The van der Waals surface area contributed by atoms with Gasteiger partial charge in [0.05, 0.1) is 18.1 Å². The zero-order valence-electron chi connectivity index (χ0n) is 16.4. The average molecular weight is 392 g/mol. The number of hydrogen-bond acceptors (Lipinski definition) is 3. The summed E-state index contributed by atoms with van der Waals surface area (Å²) < 4.78 is 0. The molecule has 0 N–H and O–H groups in total. The van der Waals surface area contributed by atoms with E-state index in [1.807, 2.05) is 24.3 Å². The lowest BCUT2D eigenvalue weighted by Gasteiger charge is -2.18. The Kier molecular flexibility index (Phi) is 3.00. The van der Waals surface area contributed by atoms with Gasteiger partial charge in [0.2, 0.25) is 0 Å². The molecule has 4 nitrogen and oxygen atoms in total. The van der Waals surface area contributed by atoms with Crippen LogP contribution in [0.3, 0.4) is 0 Å². The Morgan fingerprint density at radius 3 is 1.90 bits per heavy atom. The van der Waals surface area contributed by atoms with E-state index < -0.39 is 0 Å². The molecule has 0 radical (unpaired) electrons. The SMILES string of the molecule is O=C1C2C(C(=O)N1/N=C/c1c3ccccc3cc3ccccc13)C1C=CC2C12CC2. The third kappa shape index (κ3) is 1.89. The van der Waals surface area contributed by atoms with Crippen LogP contribution in [0.2, 0.25) is 0 Å². The summed E-state index contributed by atoms with van der Waals surface area (Å²) in [5, 5.41) is 10.0. The molecule has 1 saturated heterocycles. The van der Waals surface area contributed by atoms with E-state index in [0.29, 0.717) is 0 Å². The van der Waals surface area contributed by atoms with Crippen LogP contribution in [0.5, 0.6) is 0 Å². The molecule has 3 aromatic carbocycles. The summed E-state index contributed by atoms with van der Waals surface area (Å²) in [6, 6.07) is 18.5. The number of imide groups is 1. The molecule has 1 heterocycles. The fourth-order valence-corrected chi connectivity index (χ4v) is 6.48. The van der Waals surface area contributed by atoms with Crippen molar-refractivity contribution in [1.82, 2.24) is 5.01 Å². The summed E-state index contributed by atoms with van der Waals surface area (Å²) in [6.45, 7) is 0. The number of hydrazone groups is 1. The standard InChI is InChI=1S/C26H20N2O2/c29-24-22-20-9-10-21(26(20)11-12-26)23(22)25(30)28(24)27-14-19-17-7-3-1-5-15(17)13-16-6-2-4-8-18(16)19/h1-10,13-14,20-23H,11-12H2/b27-14+. The van der Waals surface area contributed by atoms with Gasteiger partial charge >= 0.3 is 0 Å². The number of rotatable bonds is 2. The van der Waals surface area contributed by atoms with Crippen molar-refractivity contribution >= 4 is 39.6 Å². The number of allylic oxidation sites excluding steroid dienone is 2. The van der Waals surface area contributed by atoms with Crippen molar-refractivity contribution in [2.24, 2.45) is 34.2 Å². The second-order valence-corrected chi connectivity index (χ2v) is 9.19. The first kappa shape index (κ1) is 16.5. The fraction of sp³-hybridized carbons (Fsp3) is 0.269. The van der Waals surface area contributed by atoms with E-state index >= 15 is 0 Å². The molecule has 2 bridgehead atoms. The van der Waals surface area contributed by atoms with Crippen molar-refractivity contribution in [3.63, 3.8) is 0 Å². The molecule has 0 aromatic heterocycles. The summed E-state index contributed by atoms with van der Waals surface area (Å²) in [5.74, 6) is -0.208. The van der Waals surface area contributed by atoms with Gasteiger partial charge in [-0.2, -0.15) is 10.1 Å². The van der Waals surface area contributed by atoms with Crippen LogP contribution in [-0.4, -0.2) is 23.0 Å². The van der Waals surface area contributed by atoms with Crippen LogP contribution in [0.15, 0.2) is 71.9 Å². The largest absolute Gasteiger partial charge is 0.272 e. The molecule has 3 aromatic rings. The molecule has 1 aliphatic heterocycles. The van der Waals surface area contributed by atoms with E-state index in [0.717, 1.165) is 45.0 Å². The predicted molar refractivity (Wildman–Crippen MR) is 116 cm³/mol. The first-order chi connectivity index (χ1) is 14.7. The highest BCUT2D eigenvalue weighted by atomic mass is 16.2. The minimum atomic E-state index is -0.212. The number of amides is 2. The topological polar surface area (TPSA) is 49.7 Å². The number of nitrogens with zero attached hydrogens (tertiary/aromatic N) is 2. The molecule has 3 aliphatic carbocycles. The molecule has 4 atom stereocenters. The molecule has 4 aliphatic rings. The lowest BCUT2D eigenvalue weighted by atomic mass is 9.85. The quantitative estimate of drug-likeness (QED) is 0.279. The second kappa shape index (κ2) is 5.45. The molecule has 146 valence electrons. The Hall–Kier alpha value is -3.27. The van der Waals surface area contributed by atoms with Gasteiger partial charge in [-0.1, -0.05) is 60.7 Å². The molecular weight excluding hydrogens is 372 g/mol. The monoisotopic (exact) mass is 392 g/mol. The number of carbonyl (C=O) groups is 2. The summed E-state index contributed by atoms with van der Waals surface area (Å²) in [7, 11) is 0. The normalized spacial score (nSPS) is 30.5. The third-order valence-electron chi connectivity index (χ3n) is 7.94. The van der Waals surface area contributed by atoms with Crippen LogP contribution >= 0.6 is 0 Å². The van der Waals surface area contributed by atoms with Gasteiger partial charge in [-0.05, 0) is 57.7 Å². The van der Waals surface area contributed by atoms with Crippen LogP contribution in [-0.2, 0) is 9.59 Å². The van der Waals surface area contributed by atoms with E-state index in [-0.39, 0.29) is 40.9 Å². The van der Waals surface area contributed by atoms with Gasteiger partial charge in [0.15, 0.2) is 0 Å². The van der Waals surface area contributed by atoms with E-state index in [9.17, 15) is 9.59 Å². The van der Waals surface area contributed by atoms with Gasteiger partial charge in [0, 0.05) is 5.56 Å². The van der Waals surface area contributed by atoms with Crippen molar-refractivity contribution in [2.45, 2.75) is 12.8 Å². The van der Waals surface area contributed by atoms with Gasteiger partial charge in [-0.25, -0.2) is 0 Å². The first-order valence-corrected chi connectivity index (χ1v) is 10.7. The van der Waals surface area contributed by atoms with Gasteiger partial charge < -0.3 is 0 Å². The van der Waals surface area contributed by atoms with Crippen molar-refractivity contribution < 1.29 is 9.59 Å². The molecule has 4 heteroatoms. The Morgan fingerprint density at radius 2 is 1.37 bits per heavy atom. The van der Waals surface area contributed by atoms with E-state index in [2.05, 4.69) is 47.6 Å². The number of fused-ring (bicyclic) bond motifs is 5. The maximum atomic E-state index is 13.2. The van der Waals surface area contributed by atoms with Crippen LogP contribution < -0.4 is 0 Å². The van der Waals surface area contributed by atoms with E-state index in [1.54, 1.807) is 6.21 Å². The maximum absolute atomic E-state index is 13.2. The molecule has 2 amide bonds. The Bertz CT molecular complexity index is 1250. The van der Waals surface area contributed by atoms with Crippen LogP contribution in [0.1, 0.15) is 18.4 Å². The molecule has 3 fully saturated rings. The van der Waals surface area contributed by atoms with Crippen molar-refractivity contribution in [3.8, 4) is 0 Å². The summed E-state index contributed by atoms with van der Waals surface area (Å²) in [4.78, 5) is 26.4. The van der Waals surface area contributed by atoms with Gasteiger partial charge in [-0.3, -0.25) is 9.59 Å². The van der Waals surface area contributed by atoms with Gasteiger partial charge in [0.1, 0.15) is 0 Å². The minimum Gasteiger partial charge on any atom is -0.272 e. The summed E-state index contributed by atoms with van der Waals surface area (Å²) in [6.07, 6.45) is 8.39. The first-order valence-electron chi connectivity index (χ1n) is 10.7. The van der Waals surface area contributed by atoms with Crippen LogP contribution in [0.4, 0.5) is 0 Å². The zero-order chi connectivity index (χ0) is 20.0. The number of benzene rings is 3. The van der Waals surface area contributed by atoms with Crippen molar-refractivity contribution in [2.75, 3.05) is 0 Å². The molecule has 30 heavy (non-hydrogen) atoms. The second-order valence-electron chi connectivity index (χ2n) is 9.19. The summed E-state index contributed by atoms with van der Waals surface area (Å²) in [5.41, 5.74) is 1.16. The smallest absolute Gasteiger partial charge is 0.254 e.